The van der Waals surface area contributed by atoms with Gasteiger partial charge in [-0.3, -0.25) is 9.79 Å². The summed E-state index contributed by atoms with van der Waals surface area (Å²) in [4.78, 5) is 27.5. The first-order chi connectivity index (χ1) is 17.7. The van der Waals surface area contributed by atoms with E-state index in [-0.39, 0.29) is 47.2 Å². The molecule has 2 aromatic rings. The molecule has 0 aromatic carbocycles. The predicted octanol–water partition coefficient (Wildman–Crippen LogP) is 3.53. The Morgan fingerprint density at radius 1 is 1.27 bits per heavy atom. The number of aliphatic imine (C=N–C) groups is 1. The van der Waals surface area contributed by atoms with E-state index in [4.69, 9.17) is 9.73 Å². The van der Waals surface area contributed by atoms with E-state index in [1.165, 1.54) is 17.9 Å². The van der Waals surface area contributed by atoms with Gasteiger partial charge in [-0.2, -0.15) is 5.10 Å². The van der Waals surface area contributed by atoms with Gasteiger partial charge in [-0.25, -0.2) is 27.8 Å². The first-order valence-electron chi connectivity index (χ1n) is 12.5. The van der Waals surface area contributed by atoms with E-state index in [9.17, 15) is 18.0 Å². The van der Waals surface area contributed by atoms with Gasteiger partial charge in [0.1, 0.15) is 11.7 Å². The number of amides is 1. The number of amidine groups is 1. The number of pyridine rings is 1. The maximum absolute atomic E-state index is 14.3. The van der Waals surface area contributed by atoms with Crippen LogP contribution in [-0.4, -0.2) is 68.7 Å². The fourth-order valence-electron chi connectivity index (χ4n) is 4.89. The van der Waals surface area contributed by atoms with Gasteiger partial charge in [-0.05, 0) is 39.2 Å². The van der Waals surface area contributed by atoms with E-state index in [0.717, 1.165) is 25.5 Å². The summed E-state index contributed by atoms with van der Waals surface area (Å²) in [6.07, 6.45) is 4.51. The summed E-state index contributed by atoms with van der Waals surface area (Å²) in [5.74, 6) is -0.678. The van der Waals surface area contributed by atoms with E-state index in [1.54, 1.807) is 11.8 Å². The Labute approximate surface area is 212 Å². The highest BCUT2D eigenvalue weighted by atomic mass is 19.3. The van der Waals surface area contributed by atoms with Gasteiger partial charge in [-0.1, -0.05) is 6.08 Å². The number of likely N-dealkylation sites (tertiary alicyclic amines) is 1. The standard InChI is InChI=1S/C25H30F3N7O2/c1-13(18-10-21(37-3)29-11-19(18)26)25(36)34-9-8-15(12-34)31-20-7-6-17(14(2)30-20)23-32-24(22(27)28)35(33-23)16-4-5-16/h6-7,10-11,13-17,22H,4-5,8-9,12H2,1-3H3,(H,30,31)/t13-,14?,15+,17?/m1/s1. The molecule has 3 aliphatic rings. The van der Waals surface area contributed by atoms with Crippen LogP contribution in [0.3, 0.4) is 0 Å². The predicted molar refractivity (Wildman–Crippen MR) is 129 cm³/mol. The monoisotopic (exact) mass is 517 g/mol. The molecule has 4 atom stereocenters. The van der Waals surface area contributed by atoms with Gasteiger partial charge < -0.3 is 15.0 Å². The largest absolute Gasteiger partial charge is 0.481 e. The molecule has 1 aliphatic carbocycles. The van der Waals surface area contributed by atoms with Crippen molar-refractivity contribution in [1.82, 2.24) is 30.0 Å². The minimum absolute atomic E-state index is 0.0154. The van der Waals surface area contributed by atoms with Crippen LogP contribution >= 0.6 is 0 Å². The summed E-state index contributed by atoms with van der Waals surface area (Å²) in [5, 5.41) is 7.76. The first kappa shape index (κ1) is 25.2. The zero-order valence-corrected chi connectivity index (χ0v) is 20.9. The normalized spacial score (nSPS) is 24.4. The molecule has 9 nitrogen and oxygen atoms in total. The summed E-state index contributed by atoms with van der Waals surface area (Å²) >= 11 is 0. The second-order valence-corrected chi connectivity index (χ2v) is 9.83. The molecule has 1 saturated heterocycles. The second kappa shape index (κ2) is 10.1. The van der Waals surface area contributed by atoms with Crippen molar-refractivity contribution in [1.29, 1.82) is 0 Å². The van der Waals surface area contributed by atoms with Gasteiger partial charge in [0.2, 0.25) is 11.8 Å². The van der Waals surface area contributed by atoms with Gasteiger partial charge in [-0.15, -0.1) is 0 Å². The molecule has 1 saturated carbocycles. The minimum atomic E-state index is -2.67. The average molecular weight is 518 g/mol. The van der Waals surface area contributed by atoms with E-state index < -0.39 is 18.2 Å². The van der Waals surface area contributed by atoms with Gasteiger partial charge in [0.25, 0.3) is 6.43 Å². The third-order valence-electron chi connectivity index (χ3n) is 7.14. The Morgan fingerprint density at radius 3 is 2.73 bits per heavy atom. The first-order valence-corrected chi connectivity index (χ1v) is 12.5. The highest BCUT2D eigenvalue weighted by Gasteiger charge is 2.35. The topological polar surface area (TPSA) is 97.5 Å². The van der Waals surface area contributed by atoms with Crippen molar-refractivity contribution in [2.75, 3.05) is 20.2 Å². The lowest BCUT2D eigenvalue weighted by atomic mass is 9.98. The number of carbonyl (C=O) groups is 1. The summed E-state index contributed by atoms with van der Waals surface area (Å²) in [5.41, 5.74) is 0.250. The molecule has 1 amide bonds. The Hall–Kier alpha value is -3.44. The van der Waals surface area contributed by atoms with E-state index in [1.807, 2.05) is 19.1 Å². The van der Waals surface area contributed by atoms with Crippen molar-refractivity contribution in [3.8, 4) is 5.88 Å². The third kappa shape index (κ3) is 5.19. The number of alkyl halides is 2. The summed E-state index contributed by atoms with van der Waals surface area (Å²) in [6, 6.07) is 1.21. The number of methoxy groups -OCH3 is 1. The van der Waals surface area contributed by atoms with Crippen LogP contribution in [0, 0.1) is 5.82 Å². The molecule has 1 N–H and O–H groups in total. The highest BCUT2D eigenvalue weighted by Crippen LogP contribution is 2.38. The van der Waals surface area contributed by atoms with Crippen LogP contribution in [0.15, 0.2) is 29.4 Å². The molecule has 0 spiro atoms. The number of hydrogen-bond acceptors (Lipinski definition) is 7. The molecule has 12 heteroatoms. The van der Waals surface area contributed by atoms with Gasteiger partial charge in [0, 0.05) is 30.8 Å². The number of dihydropyridines is 1. The molecule has 2 aliphatic heterocycles. The number of carbonyl (C=O) groups excluding carboxylic acids is 1. The Morgan fingerprint density at radius 2 is 2.05 bits per heavy atom. The quantitative estimate of drug-likeness (QED) is 0.604. The number of ether oxygens (including phenoxy) is 1. The van der Waals surface area contributed by atoms with Crippen molar-refractivity contribution in [2.24, 2.45) is 4.99 Å². The van der Waals surface area contributed by atoms with Crippen LogP contribution in [0.5, 0.6) is 5.88 Å². The SMILES string of the molecule is COc1cc([C@@H](C)C(=O)N2CC[C@H](NC3=NC(C)C(c4nc(C(F)F)n(C5CC5)n4)C=C3)C2)c(F)cn1. The highest BCUT2D eigenvalue weighted by molar-refractivity contribution is 5.94. The molecule has 2 fully saturated rings. The summed E-state index contributed by atoms with van der Waals surface area (Å²) in [7, 11) is 1.44. The number of halogens is 3. The molecule has 2 aromatic heterocycles. The Bertz CT molecular complexity index is 1210. The Balaban J connectivity index is 1.20. The fourth-order valence-corrected chi connectivity index (χ4v) is 4.89. The van der Waals surface area contributed by atoms with Crippen molar-refractivity contribution in [2.45, 2.75) is 69.5 Å². The van der Waals surface area contributed by atoms with Gasteiger partial charge in [0.15, 0.2) is 11.6 Å². The number of nitrogens with one attached hydrogen (secondary N) is 1. The number of nitrogens with zero attached hydrogens (tertiary/aromatic N) is 6. The van der Waals surface area contributed by atoms with Crippen molar-refractivity contribution >= 4 is 11.7 Å². The van der Waals surface area contributed by atoms with Crippen LogP contribution in [0.4, 0.5) is 13.2 Å². The van der Waals surface area contributed by atoms with E-state index in [0.29, 0.717) is 24.7 Å². The van der Waals surface area contributed by atoms with E-state index >= 15 is 0 Å². The molecular weight excluding hydrogens is 487 g/mol. The molecule has 37 heavy (non-hydrogen) atoms. The maximum atomic E-state index is 14.3. The number of hydrogen-bond donors (Lipinski definition) is 1. The van der Waals surface area contributed by atoms with E-state index in [2.05, 4.69) is 20.4 Å². The molecule has 0 bridgehead atoms. The molecule has 4 heterocycles. The van der Waals surface area contributed by atoms with Crippen LogP contribution in [-0.2, 0) is 4.79 Å². The fraction of sp³-hybridized carbons (Fsp3) is 0.560. The third-order valence-corrected chi connectivity index (χ3v) is 7.14. The lowest BCUT2D eigenvalue weighted by molar-refractivity contribution is -0.131. The maximum Gasteiger partial charge on any atom is 0.297 e. The summed E-state index contributed by atoms with van der Waals surface area (Å²) < 4.78 is 47.6. The van der Waals surface area contributed by atoms with Gasteiger partial charge >= 0.3 is 0 Å². The average Bonchev–Trinajstić information content (AvgIpc) is 3.45. The van der Waals surface area contributed by atoms with Crippen LogP contribution in [0.2, 0.25) is 0 Å². The van der Waals surface area contributed by atoms with Crippen molar-refractivity contribution < 1.29 is 22.7 Å². The van der Waals surface area contributed by atoms with Crippen LogP contribution in [0.1, 0.15) is 74.6 Å². The molecule has 5 rings (SSSR count). The molecule has 198 valence electrons. The molecule has 2 unspecified atom stereocenters. The lowest BCUT2D eigenvalue weighted by Crippen LogP contribution is -2.40. The smallest absolute Gasteiger partial charge is 0.297 e. The molecule has 0 radical (unpaired) electrons. The van der Waals surface area contributed by atoms with Crippen LogP contribution in [0.25, 0.3) is 0 Å². The second-order valence-electron chi connectivity index (χ2n) is 9.83. The van der Waals surface area contributed by atoms with Crippen LogP contribution < -0.4 is 10.1 Å². The Kier molecular flexibility index (Phi) is 6.91. The van der Waals surface area contributed by atoms with Crippen molar-refractivity contribution in [3.63, 3.8) is 0 Å². The van der Waals surface area contributed by atoms with Crippen molar-refractivity contribution in [3.05, 3.63) is 47.4 Å². The zero-order valence-electron chi connectivity index (χ0n) is 20.9. The minimum Gasteiger partial charge on any atom is -0.481 e. The number of aromatic nitrogens is 4. The molecular formula is C25H30F3N7O2. The zero-order chi connectivity index (χ0) is 26.3. The van der Waals surface area contributed by atoms with Gasteiger partial charge in [0.05, 0.1) is 37.2 Å². The summed E-state index contributed by atoms with van der Waals surface area (Å²) in [6.45, 7) is 4.58. The lowest BCUT2D eigenvalue weighted by Gasteiger charge is -2.24. The number of rotatable bonds is 7.